The maximum absolute atomic E-state index is 2.56. The second-order valence-corrected chi connectivity index (χ2v) is 5.86. The highest BCUT2D eigenvalue weighted by atomic mass is 14.9. The maximum atomic E-state index is 2.56. The second-order valence-electron chi connectivity index (χ2n) is 5.86. The molecule has 2 rings (SSSR count). The Morgan fingerprint density at radius 3 is 2.53 bits per heavy atom. The third-order valence-electron chi connectivity index (χ3n) is 4.55. The van der Waals surface area contributed by atoms with Gasteiger partial charge in [0.1, 0.15) is 6.54 Å². The normalized spacial score (nSPS) is 29.2. The summed E-state index contributed by atoms with van der Waals surface area (Å²) in [6, 6.07) is 9.80. The maximum Gasteiger partial charge on any atom is 0.101 e. The van der Waals surface area contributed by atoms with Crippen LogP contribution in [0.2, 0.25) is 0 Å². The molecule has 1 aliphatic rings. The van der Waals surface area contributed by atoms with E-state index in [4.69, 9.17) is 0 Å². The van der Waals surface area contributed by atoms with Crippen molar-refractivity contribution in [2.75, 3.05) is 0 Å². The first-order valence-corrected chi connectivity index (χ1v) is 7.05. The van der Waals surface area contributed by atoms with Crippen molar-refractivity contribution in [3.63, 3.8) is 0 Å². The van der Waals surface area contributed by atoms with Crippen LogP contribution in [0.3, 0.4) is 0 Å². The predicted molar refractivity (Wildman–Crippen MR) is 72.8 cm³/mol. The van der Waals surface area contributed by atoms with Crippen molar-refractivity contribution >= 4 is 0 Å². The fourth-order valence-corrected chi connectivity index (χ4v) is 2.97. The van der Waals surface area contributed by atoms with Crippen molar-refractivity contribution < 1.29 is 5.32 Å². The fourth-order valence-electron chi connectivity index (χ4n) is 2.97. The molecule has 2 N–H and O–H groups in total. The zero-order chi connectivity index (χ0) is 12.3. The number of aryl methyl sites for hydroxylation is 1. The monoisotopic (exact) mass is 232 g/mol. The number of hydrogen-bond donors (Lipinski definition) is 1. The first kappa shape index (κ1) is 12.6. The van der Waals surface area contributed by atoms with E-state index in [1.165, 1.54) is 30.4 Å². The summed E-state index contributed by atoms with van der Waals surface area (Å²) >= 11 is 0. The van der Waals surface area contributed by atoms with E-state index in [0.29, 0.717) is 0 Å². The van der Waals surface area contributed by atoms with Crippen molar-refractivity contribution in [1.82, 2.24) is 0 Å². The van der Waals surface area contributed by atoms with E-state index in [0.717, 1.165) is 24.4 Å². The van der Waals surface area contributed by atoms with Gasteiger partial charge in [-0.2, -0.15) is 0 Å². The molecule has 1 aromatic carbocycles. The molecule has 0 radical (unpaired) electrons. The largest absolute Gasteiger partial charge is 0.340 e. The fraction of sp³-hybridized carbons (Fsp3) is 0.625. The molecule has 0 amide bonds. The molecule has 0 aromatic heterocycles. The van der Waals surface area contributed by atoms with Crippen LogP contribution in [0.1, 0.15) is 44.2 Å². The summed E-state index contributed by atoms with van der Waals surface area (Å²) in [6.45, 7) is 8.14. The Morgan fingerprint density at radius 2 is 1.82 bits per heavy atom. The van der Waals surface area contributed by atoms with Gasteiger partial charge < -0.3 is 5.32 Å². The van der Waals surface area contributed by atoms with Crippen LogP contribution in [-0.4, -0.2) is 6.04 Å². The van der Waals surface area contributed by atoms with E-state index in [-0.39, 0.29) is 0 Å². The number of benzene rings is 1. The Morgan fingerprint density at radius 1 is 1.12 bits per heavy atom. The predicted octanol–water partition coefficient (Wildman–Crippen LogP) is 2.88. The standard InChI is InChI=1S/C16H25N/c1-12-7-9-15(10-8-12)11-17-16-6-4-5-13(2)14(16)3/h7-10,13-14,16-17H,4-6,11H2,1-3H3/p+1/t13-,14-,16+/m1/s1. The molecule has 0 unspecified atom stereocenters. The lowest BCUT2D eigenvalue weighted by Crippen LogP contribution is -2.90. The second kappa shape index (κ2) is 5.68. The minimum absolute atomic E-state index is 0.833. The molecule has 0 bridgehead atoms. The minimum Gasteiger partial charge on any atom is -0.340 e. The van der Waals surface area contributed by atoms with Gasteiger partial charge in [0, 0.05) is 11.5 Å². The number of rotatable bonds is 3. The van der Waals surface area contributed by atoms with Crippen LogP contribution in [0.15, 0.2) is 24.3 Å². The van der Waals surface area contributed by atoms with E-state index >= 15 is 0 Å². The number of hydrogen-bond acceptors (Lipinski definition) is 0. The molecule has 1 saturated carbocycles. The van der Waals surface area contributed by atoms with Gasteiger partial charge in [0.15, 0.2) is 0 Å². The van der Waals surface area contributed by atoms with Gasteiger partial charge in [-0.1, -0.05) is 43.7 Å². The van der Waals surface area contributed by atoms with Crippen LogP contribution in [-0.2, 0) is 6.54 Å². The Kier molecular flexibility index (Phi) is 4.22. The van der Waals surface area contributed by atoms with Crippen LogP contribution in [0.5, 0.6) is 0 Å². The Labute approximate surface area is 106 Å². The van der Waals surface area contributed by atoms with Gasteiger partial charge in [-0.25, -0.2) is 0 Å². The highest BCUT2D eigenvalue weighted by Gasteiger charge is 2.29. The molecule has 1 heteroatoms. The van der Waals surface area contributed by atoms with Crippen molar-refractivity contribution in [2.45, 2.75) is 52.6 Å². The molecule has 0 heterocycles. The van der Waals surface area contributed by atoms with E-state index in [1.807, 2.05) is 0 Å². The summed E-state index contributed by atoms with van der Waals surface area (Å²) in [5, 5.41) is 2.56. The molecule has 1 fully saturated rings. The number of quaternary nitrogens is 1. The molecule has 0 aliphatic heterocycles. The smallest absolute Gasteiger partial charge is 0.101 e. The third kappa shape index (κ3) is 3.32. The summed E-state index contributed by atoms with van der Waals surface area (Å²) in [5.41, 5.74) is 2.81. The zero-order valence-electron chi connectivity index (χ0n) is 11.4. The van der Waals surface area contributed by atoms with Crippen molar-refractivity contribution in [1.29, 1.82) is 0 Å². The highest BCUT2D eigenvalue weighted by molar-refractivity contribution is 5.20. The summed E-state index contributed by atoms with van der Waals surface area (Å²) in [4.78, 5) is 0. The molecule has 1 aliphatic carbocycles. The quantitative estimate of drug-likeness (QED) is 0.825. The third-order valence-corrected chi connectivity index (χ3v) is 4.55. The van der Waals surface area contributed by atoms with Crippen LogP contribution >= 0.6 is 0 Å². The first-order chi connectivity index (χ1) is 8.16. The van der Waals surface area contributed by atoms with Crippen LogP contribution in [0, 0.1) is 18.8 Å². The van der Waals surface area contributed by atoms with Gasteiger partial charge in [0.2, 0.25) is 0 Å². The van der Waals surface area contributed by atoms with Gasteiger partial charge in [0.05, 0.1) is 6.04 Å². The van der Waals surface area contributed by atoms with Crippen molar-refractivity contribution in [2.24, 2.45) is 11.8 Å². The van der Waals surface area contributed by atoms with E-state index in [9.17, 15) is 0 Å². The van der Waals surface area contributed by atoms with E-state index in [2.05, 4.69) is 50.4 Å². The molecule has 1 aromatic rings. The van der Waals surface area contributed by atoms with Gasteiger partial charge in [-0.15, -0.1) is 0 Å². The SMILES string of the molecule is Cc1ccc(C[NH2+][C@H]2CCC[C@@H](C)[C@H]2C)cc1. The Balaban J connectivity index is 1.87. The lowest BCUT2D eigenvalue weighted by molar-refractivity contribution is -0.713. The van der Waals surface area contributed by atoms with Gasteiger partial charge in [-0.3, -0.25) is 0 Å². The number of nitrogens with two attached hydrogens (primary N) is 1. The Bertz CT molecular complexity index is 341. The molecular weight excluding hydrogens is 206 g/mol. The van der Waals surface area contributed by atoms with Crippen molar-refractivity contribution in [3.8, 4) is 0 Å². The molecule has 0 saturated heterocycles. The summed E-state index contributed by atoms with van der Waals surface area (Å²) in [5.74, 6) is 1.78. The minimum atomic E-state index is 0.833. The van der Waals surface area contributed by atoms with Gasteiger partial charge >= 0.3 is 0 Å². The summed E-state index contributed by atoms with van der Waals surface area (Å²) < 4.78 is 0. The zero-order valence-corrected chi connectivity index (χ0v) is 11.4. The molecule has 1 nitrogen and oxygen atoms in total. The molecule has 94 valence electrons. The topological polar surface area (TPSA) is 16.6 Å². The molecule has 3 atom stereocenters. The highest BCUT2D eigenvalue weighted by Crippen LogP contribution is 2.27. The summed E-state index contributed by atoms with van der Waals surface area (Å²) in [7, 11) is 0. The van der Waals surface area contributed by atoms with Crippen LogP contribution in [0.25, 0.3) is 0 Å². The average molecular weight is 232 g/mol. The van der Waals surface area contributed by atoms with E-state index < -0.39 is 0 Å². The van der Waals surface area contributed by atoms with Crippen molar-refractivity contribution in [3.05, 3.63) is 35.4 Å². The van der Waals surface area contributed by atoms with E-state index in [1.54, 1.807) is 0 Å². The van der Waals surface area contributed by atoms with Gasteiger partial charge in [0.25, 0.3) is 0 Å². The average Bonchev–Trinajstić information content (AvgIpc) is 2.33. The lowest BCUT2D eigenvalue weighted by Gasteiger charge is -2.32. The molecule has 0 spiro atoms. The first-order valence-electron chi connectivity index (χ1n) is 7.05. The van der Waals surface area contributed by atoms with Crippen LogP contribution < -0.4 is 5.32 Å². The molecule has 17 heavy (non-hydrogen) atoms. The van der Waals surface area contributed by atoms with Gasteiger partial charge in [-0.05, 0) is 32.1 Å². The lowest BCUT2D eigenvalue weighted by atomic mass is 9.78. The van der Waals surface area contributed by atoms with Crippen LogP contribution in [0.4, 0.5) is 0 Å². The molecular formula is C16H26N+. The summed E-state index contributed by atoms with van der Waals surface area (Å²) in [6.07, 6.45) is 4.24. The Hall–Kier alpha value is -0.820.